The average Bonchev–Trinajstić information content (AvgIpc) is 3.43. The number of H-pyrrole nitrogens is 1. The molecule has 0 aliphatic heterocycles. The van der Waals surface area contributed by atoms with Crippen LogP contribution >= 0.6 is 0 Å². The number of aryl methyl sites for hydroxylation is 3. The van der Waals surface area contributed by atoms with Crippen LogP contribution in [0.3, 0.4) is 0 Å². The molecule has 0 saturated heterocycles. The molecule has 3 N–H and O–H groups in total. The largest absolute Gasteiger partial charge is 0.379 e. The predicted octanol–water partition coefficient (Wildman–Crippen LogP) is 8.02. The molecule has 3 aromatic carbocycles. The average molecular weight is 633 g/mol. The maximum absolute atomic E-state index is 14.1. The SMILES string of the molecule is Cc1cc(C)c(-c2ccc(CN(CCNc3c(F)c(F)c(F)c(F)c3F)CCNc3c(F)c(F)c(F)c(F)c3F)[nH]2)c(C)c1. The van der Waals surface area contributed by atoms with Crippen LogP contribution in [0.15, 0.2) is 24.3 Å². The van der Waals surface area contributed by atoms with Gasteiger partial charge in [0.05, 0.1) is 0 Å². The lowest BCUT2D eigenvalue weighted by Crippen LogP contribution is -2.33. The molecule has 236 valence electrons. The lowest BCUT2D eigenvalue weighted by molar-refractivity contribution is 0.283. The number of rotatable bonds is 11. The van der Waals surface area contributed by atoms with Crippen molar-refractivity contribution in [1.82, 2.24) is 9.88 Å². The zero-order chi connectivity index (χ0) is 32.5. The molecule has 0 radical (unpaired) electrons. The third-order valence-corrected chi connectivity index (χ3v) is 6.97. The first-order chi connectivity index (χ1) is 20.7. The lowest BCUT2D eigenvalue weighted by Gasteiger charge is -2.23. The van der Waals surface area contributed by atoms with E-state index in [1.165, 1.54) is 0 Å². The summed E-state index contributed by atoms with van der Waals surface area (Å²) in [6, 6.07) is 7.57. The molecule has 0 unspecified atom stereocenters. The molecule has 44 heavy (non-hydrogen) atoms. The fraction of sp³-hybridized carbons (Fsp3) is 0.267. The number of benzene rings is 3. The van der Waals surface area contributed by atoms with Gasteiger partial charge in [0.25, 0.3) is 0 Å². The van der Waals surface area contributed by atoms with Gasteiger partial charge in [-0.05, 0) is 44.0 Å². The first-order valence-corrected chi connectivity index (χ1v) is 13.2. The Morgan fingerprint density at radius 3 is 1.36 bits per heavy atom. The molecule has 0 spiro atoms. The Morgan fingerprint density at radius 1 is 0.568 bits per heavy atom. The zero-order valence-corrected chi connectivity index (χ0v) is 23.6. The van der Waals surface area contributed by atoms with Crippen LogP contribution in [0, 0.1) is 78.9 Å². The molecule has 0 atom stereocenters. The van der Waals surface area contributed by atoms with Crippen molar-refractivity contribution < 1.29 is 43.9 Å². The number of halogens is 10. The van der Waals surface area contributed by atoms with Gasteiger partial charge in [-0.2, -0.15) is 0 Å². The van der Waals surface area contributed by atoms with E-state index in [0.29, 0.717) is 5.69 Å². The van der Waals surface area contributed by atoms with E-state index in [-0.39, 0.29) is 32.7 Å². The molecule has 0 amide bonds. The minimum Gasteiger partial charge on any atom is -0.379 e. The van der Waals surface area contributed by atoms with Crippen LogP contribution in [0.4, 0.5) is 55.3 Å². The molecule has 4 rings (SSSR count). The van der Waals surface area contributed by atoms with Crippen molar-refractivity contribution in [3.63, 3.8) is 0 Å². The smallest absolute Gasteiger partial charge is 0.200 e. The van der Waals surface area contributed by atoms with Gasteiger partial charge < -0.3 is 15.6 Å². The van der Waals surface area contributed by atoms with Crippen LogP contribution in [0.25, 0.3) is 11.3 Å². The standard InChI is InChI=1S/C30H26F10N4/c1-13-10-14(2)18(15(3)11-13)17-5-4-16(43-17)12-44(8-6-41-29-25(37)21(33)19(31)22(34)26(29)38)9-7-42-30-27(39)23(35)20(32)24(36)28(30)40/h4-5,10-11,41-43H,6-9,12H2,1-3H3. The molecule has 14 heteroatoms. The van der Waals surface area contributed by atoms with Gasteiger partial charge in [-0.3, -0.25) is 4.90 Å². The number of hydrogen-bond acceptors (Lipinski definition) is 3. The number of hydrogen-bond donors (Lipinski definition) is 3. The van der Waals surface area contributed by atoms with Gasteiger partial charge in [0.15, 0.2) is 46.5 Å². The summed E-state index contributed by atoms with van der Waals surface area (Å²) in [6.07, 6.45) is 0. The van der Waals surface area contributed by atoms with Crippen LogP contribution in [0.2, 0.25) is 0 Å². The molecular formula is C30H26F10N4. The molecular weight excluding hydrogens is 606 g/mol. The molecule has 4 aromatic rings. The zero-order valence-electron chi connectivity index (χ0n) is 23.6. The second-order valence-electron chi connectivity index (χ2n) is 10.2. The van der Waals surface area contributed by atoms with Crippen molar-refractivity contribution in [1.29, 1.82) is 0 Å². The Bertz CT molecular complexity index is 1550. The van der Waals surface area contributed by atoms with E-state index in [2.05, 4.69) is 15.6 Å². The Morgan fingerprint density at radius 2 is 0.955 bits per heavy atom. The molecule has 0 aliphatic rings. The molecule has 0 fully saturated rings. The summed E-state index contributed by atoms with van der Waals surface area (Å²) in [5, 5.41) is 4.35. The quantitative estimate of drug-likeness (QED) is 0.0892. The van der Waals surface area contributed by atoms with E-state index in [1.807, 2.05) is 39.0 Å². The van der Waals surface area contributed by atoms with E-state index >= 15 is 0 Å². The van der Waals surface area contributed by atoms with Crippen LogP contribution in [0.5, 0.6) is 0 Å². The summed E-state index contributed by atoms with van der Waals surface area (Å²) in [5.41, 5.74) is 2.94. The maximum Gasteiger partial charge on any atom is 0.200 e. The Hall–Kier alpha value is -4.20. The number of aromatic nitrogens is 1. The van der Waals surface area contributed by atoms with Crippen LogP contribution in [-0.4, -0.2) is 36.1 Å². The molecule has 0 aliphatic carbocycles. The molecule has 1 aromatic heterocycles. The Balaban J connectivity index is 1.54. The number of nitrogens with one attached hydrogen (secondary N) is 3. The second-order valence-corrected chi connectivity index (χ2v) is 10.2. The monoisotopic (exact) mass is 632 g/mol. The van der Waals surface area contributed by atoms with E-state index in [1.54, 1.807) is 11.0 Å². The normalized spacial score (nSPS) is 11.5. The topological polar surface area (TPSA) is 43.1 Å². The highest BCUT2D eigenvalue weighted by molar-refractivity contribution is 5.68. The Labute approximate surface area is 245 Å². The molecule has 4 nitrogen and oxygen atoms in total. The first kappa shape index (κ1) is 32.7. The summed E-state index contributed by atoms with van der Waals surface area (Å²) in [5.74, 6) is -21.4. The third kappa shape index (κ3) is 6.49. The van der Waals surface area contributed by atoms with Gasteiger partial charge >= 0.3 is 0 Å². The highest BCUT2D eigenvalue weighted by atomic mass is 19.2. The highest BCUT2D eigenvalue weighted by Crippen LogP contribution is 2.30. The number of aromatic amines is 1. The van der Waals surface area contributed by atoms with Crippen molar-refractivity contribution >= 4 is 11.4 Å². The third-order valence-electron chi connectivity index (χ3n) is 6.97. The summed E-state index contributed by atoms with van der Waals surface area (Å²) in [4.78, 5) is 4.81. The van der Waals surface area contributed by atoms with Gasteiger partial charge in [-0.1, -0.05) is 17.7 Å². The van der Waals surface area contributed by atoms with Crippen LogP contribution in [0.1, 0.15) is 22.4 Å². The first-order valence-electron chi connectivity index (χ1n) is 13.2. The molecule has 1 heterocycles. The predicted molar refractivity (Wildman–Crippen MR) is 145 cm³/mol. The van der Waals surface area contributed by atoms with Crippen molar-refractivity contribution in [3.8, 4) is 11.3 Å². The highest BCUT2D eigenvalue weighted by Gasteiger charge is 2.27. The summed E-state index contributed by atoms with van der Waals surface area (Å²) in [6.45, 7) is 4.99. The van der Waals surface area contributed by atoms with E-state index in [9.17, 15) is 43.9 Å². The van der Waals surface area contributed by atoms with Gasteiger partial charge in [-0.15, -0.1) is 0 Å². The Kier molecular flexibility index (Phi) is 9.81. The van der Waals surface area contributed by atoms with Crippen molar-refractivity contribution in [2.45, 2.75) is 27.3 Å². The van der Waals surface area contributed by atoms with E-state index < -0.39 is 69.5 Å². The molecule has 0 saturated carbocycles. The number of nitrogens with zero attached hydrogens (tertiary/aromatic N) is 1. The van der Waals surface area contributed by atoms with Gasteiger partial charge in [0.2, 0.25) is 11.6 Å². The van der Waals surface area contributed by atoms with Crippen LogP contribution < -0.4 is 10.6 Å². The molecule has 0 bridgehead atoms. The summed E-state index contributed by atoms with van der Waals surface area (Å²) >= 11 is 0. The number of anilines is 2. The lowest BCUT2D eigenvalue weighted by atomic mass is 9.98. The second kappa shape index (κ2) is 13.2. The van der Waals surface area contributed by atoms with Crippen molar-refractivity contribution in [2.24, 2.45) is 0 Å². The maximum atomic E-state index is 14.1. The van der Waals surface area contributed by atoms with Crippen molar-refractivity contribution in [3.05, 3.63) is 105 Å². The summed E-state index contributed by atoms with van der Waals surface area (Å²) < 4.78 is 138. The fourth-order valence-corrected chi connectivity index (χ4v) is 4.99. The fourth-order valence-electron chi connectivity index (χ4n) is 4.99. The van der Waals surface area contributed by atoms with Crippen LogP contribution in [-0.2, 0) is 6.54 Å². The van der Waals surface area contributed by atoms with E-state index in [4.69, 9.17) is 0 Å². The van der Waals surface area contributed by atoms with Gasteiger partial charge in [-0.25, -0.2) is 43.9 Å². The van der Waals surface area contributed by atoms with Crippen molar-refractivity contribution in [2.75, 3.05) is 36.8 Å². The van der Waals surface area contributed by atoms with Gasteiger partial charge in [0, 0.05) is 49.7 Å². The van der Waals surface area contributed by atoms with Gasteiger partial charge in [0.1, 0.15) is 11.4 Å². The van der Waals surface area contributed by atoms with E-state index in [0.717, 1.165) is 27.9 Å². The summed E-state index contributed by atoms with van der Waals surface area (Å²) in [7, 11) is 0. The minimum absolute atomic E-state index is 0.0848. The minimum atomic E-state index is -2.31.